The molecular weight excluding hydrogens is 415 g/mol. The quantitative estimate of drug-likeness (QED) is 0.686. The van der Waals surface area contributed by atoms with Gasteiger partial charge in [0.2, 0.25) is 10.0 Å². The largest absolute Gasteiger partial charge is 0.451 e. The predicted molar refractivity (Wildman–Crippen MR) is 93.7 cm³/mol. The first kappa shape index (κ1) is 21.0. The van der Waals surface area contributed by atoms with Crippen LogP contribution in [-0.4, -0.2) is 44.4 Å². The van der Waals surface area contributed by atoms with Gasteiger partial charge in [-0.15, -0.1) is 0 Å². The molecule has 8 nitrogen and oxygen atoms in total. The van der Waals surface area contributed by atoms with Crippen LogP contribution in [0.3, 0.4) is 0 Å². The Balaban J connectivity index is 1.94. The van der Waals surface area contributed by atoms with Crippen molar-refractivity contribution >= 4 is 16.0 Å². The van der Waals surface area contributed by atoms with Gasteiger partial charge in [0.25, 0.3) is 0 Å². The van der Waals surface area contributed by atoms with E-state index in [0.717, 1.165) is 28.6 Å². The number of carbonyl (C=O) groups is 1. The third-order valence-corrected chi connectivity index (χ3v) is 6.08. The average Bonchev–Trinajstić information content (AvgIpc) is 2.71. The Hall–Kier alpha value is -2.67. The van der Waals surface area contributed by atoms with E-state index in [9.17, 15) is 26.4 Å². The molecule has 0 aliphatic carbocycles. The van der Waals surface area contributed by atoms with Crippen molar-refractivity contribution in [3.05, 3.63) is 53.8 Å². The van der Waals surface area contributed by atoms with Gasteiger partial charge in [-0.25, -0.2) is 26.4 Å². The first-order valence-electron chi connectivity index (χ1n) is 8.29. The van der Waals surface area contributed by atoms with Crippen LogP contribution in [0, 0.1) is 17.5 Å². The van der Waals surface area contributed by atoms with E-state index in [1.807, 2.05) is 0 Å². The molecular formula is C17H16F3N3O5S. The molecule has 0 saturated carbocycles. The van der Waals surface area contributed by atoms with E-state index < -0.39 is 50.1 Å². The number of piperazine rings is 1. The Morgan fingerprint density at radius 2 is 1.76 bits per heavy atom. The maximum absolute atomic E-state index is 14.4. The summed E-state index contributed by atoms with van der Waals surface area (Å²) in [5.74, 6) is -0.228. The van der Waals surface area contributed by atoms with Crippen molar-refractivity contribution in [2.45, 2.75) is 10.9 Å². The molecule has 0 radical (unpaired) electrons. The highest BCUT2D eigenvalue weighted by molar-refractivity contribution is 7.89. The van der Waals surface area contributed by atoms with E-state index in [0.29, 0.717) is 12.1 Å². The zero-order valence-corrected chi connectivity index (χ0v) is 15.6. The molecule has 1 aliphatic rings. The van der Waals surface area contributed by atoms with E-state index in [1.165, 1.54) is 0 Å². The zero-order chi connectivity index (χ0) is 21.2. The van der Waals surface area contributed by atoms with Gasteiger partial charge >= 0.3 is 5.97 Å². The molecule has 1 saturated heterocycles. The van der Waals surface area contributed by atoms with Crippen molar-refractivity contribution in [1.82, 2.24) is 9.62 Å². The zero-order valence-electron chi connectivity index (χ0n) is 14.8. The number of hydrogen-bond donors (Lipinski definition) is 2. The molecule has 1 heterocycles. The molecule has 3 rings (SSSR count). The van der Waals surface area contributed by atoms with Gasteiger partial charge in [-0.2, -0.15) is 10.2 Å². The lowest BCUT2D eigenvalue weighted by molar-refractivity contribution is -0.149. The van der Waals surface area contributed by atoms with E-state index in [-0.39, 0.29) is 25.4 Å². The Kier molecular flexibility index (Phi) is 6.07. The smallest absolute Gasteiger partial charge is 0.344 e. The fraction of sp³-hybridized carbons (Fsp3) is 0.235. The highest BCUT2D eigenvalue weighted by atomic mass is 32.2. The molecule has 1 fully saturated rings. The molecule has 3 N–H and O–H groups in total. The molecule has 29 heavy (non-hydrogen) atoms. The van der Waals surface area contributed by atoms with Crippen LogP contribution < -0.4 is 16.0 Å². The average molecular weight is 431 g/mol. The minimum atomic E-state index is -4.45. The van der Waals surface area contributed by atoms with Crippen molar-refractivity contribution in [3.8, 4) is 11.5 Å². The highest BCUT2D eigenvalue weighted by Gasteiger charge is 2.39. The molecule has 0 spiro atoms. The lowest BCUT2D eigenvalue weighted by atomic mass is 10.2. The van der Waals surface area contributed by atoms with Crippen LogP contribution in [0.15, 0.2) is 41.3 Å². The van der Waals surface area contributed by atoms with Gasteiger partial charge in [-0.05, 0) is 36.4 Å². The molecule has 2 aromatic carbocycles. The van der Waals surface area contributed by atoms with Gasteiger partial charge < -0.3 is 14.9 Å². The summed E-state index contributed by atoms with van der Waals surface area (Å²) in [6, 6.07) is 4.23. The van der Waals surface area contributed by atoms with Crippen LogP contribution >= 0.6 is 0 Å². The van der Waals surface area contributed by atoms with E-state index in [2.05, 4.69) is 10.2 Å². The topological polar surface area (TPSA) is 111 Å². The highest BCUT2D eigenvalue weighted by Crippen LogP contribution is 2.31. The molecule has 0 unspecified atom stereocenters. The summed E-state index contributed by atoms with van der Waals surface area (Å²) in [6.45, 7) is -0.00450. The third-order valence-electron chi connectivity index (χ3n) is 4.19. The van der Waals surface area contributed by atoms with Crippen LogP contribution in [0.4, 0.5) is 13.2 Å². The van der Waals surface area contributed by atoms with Crippen LogP contribution in [0.5, 0.6) is 11.5 Å². The van der Waals surface area contributed by atoms with Crippen LogP contribution in [0.2, 0.25) is 0 Å². The number of rotatable bonds is 5. The Labute approximate surface area is 164 Å². The fourth-order valence-corrected chi connectivity index (χ4v) is 4.39. The number of benzene rings is 2. The fourth-order valence-electron chi connectivity index (χ4n) is 2.79. The molecule has 2 aromatic rings. The monoisotopic (exact) mass is 431 g/mol. The summed E-state index contributed by atoms with van der Waals surface area (Å²) in [6.07, 6.45) is 0. The standard InChI is InChI=1S/C17H16F3N3O5S/c18-10-1-3-11(4-2-10)27-16-13(19)7-12(8-14(16)20)29(25,26)23-6-5-22-9-15(23)17(24)28-21/h1-4,7-8,15,22H,5-6,9,21H2/t15-/m1/s1. The number of sulfonamides is 1. The Bertz CT molecular complexity index is 994. The molecule has 1 aliphatic heterocycles. The van der Waals surface area contributed by atoms with Gasteiger partial charge in [0.15, 0.2) is 17.4 Å². The number of nitrogens with two attached hydrogens (primary N) is 1. The van der Waals surface area contributed by atoms with Gasteiger partial charge in [0.05, 0.1) is 4.90 Å². The van der Waals surface area contributed by atoms with Crippen molar-refractivity contribution in [3.63, 3.8) is 0 Å². The number of nitrogens with one attached hydrogen (secondary N) is 1. The lowest BCUT2D eigenvalue weighted by Crippen LogP contribution is -2.57. The summed E-state index contributed by atoms with van der Waals surface area (Å²) in [7, 11) is -4.45. The molecule has 0 amide bonds. The van der Waals surface area contributed by atoms with Crippen LogP contribution in [0.1, 0.15) is 0 Å². The molecule has 156 valence electrons. The van der Waals surface area contributed by atoms with Crippen molar-refractivity contribution in [2.75, 3.05) is 19.6 Å². The van der Waals surface area contributed by atoms with E-state index in [1.54, 1.807) is 0 Å². The predicted octanol–water partition coefficient (Wildman–Crippen LogP) is 1.28. The summed E-state index contributed by atoms with van der Waals surface area (Å²) in [5.41, 5.74) is 0. The summed E-state index contributed by atoms with van der Waals surface area (Å²) >= 11 is 0. The normalized spacial score (nSPS) is 17.7. The minimum absolute atomic E-state index is 0.0485. The maximum atomic E-state index is 14.4. The molecule has 0 aromatic heterocycles. The number of carbonyl (C=O) groups excluding carboxylic acids is 1. The Morgan fingerprint density at radius 3 is 2.34 bits per heavy atom. The molecule has 0 bridgehead atoms. The summed E-state index contributed by atoms with van der Waals surface area (Å²) in [5, 5.41) is 2.81. The van der Waals surface area contributed by atoms with Gasteiger partial charge in [-0.1, -0.05) is 0 Å². The summed E-state index contributed by atoms with van der Waals surface area (Å²) in [4.78, 5) is 15.2. The second-order valence-corrected chi connectivity index (χ2v) is 7.94. The second kappa shape index (κ2) is 8.37. The van der Waals surface area contributed by atoms with Crippen molar-refractivity contribution < 1.29 is 36.0 Å². The van der Waals surface area contributed by atoms with E-state index >= 15 is 0 Å². The van der Waals surface area contributed by atoms with Crippen molar-refractivity contribution in [2.24, 2.45) is 5.90 Å². The maximum Gasteiger partial charge on any atom is 0.344 e. The van der Waals surface area contributed by atoms with Gasteiger partial charge in [-0.3, -0.25) is 0 Å². The minimum Gasteiger partial charge on any atom is -0.451 e. The number of halogens is 3. The van der Waals surface area contributed by atoms with Gasteiger partial charge in [0.1, 0.15) is 17.6 Å². The first-order valence-corrected chi connectivity index (χ1v) is 9.73. The summed E-state index contributed by atoms with van der Waals surface area (Å²) < 4.78 is 73.4. The second-order valence-electron chi connectivity index (χ2n) is 6.04. The molecule has 12 heteroatoms. The van der Waals surface area contributed by atoms with E-state index in [4.69, 9.17) is 10.6 Å². The van der Waals surface area contributed by atoms with Crippen molar-refractivity contribution in [1.29, 1.82) is 0 Å². The molecule has 1 atom stereocenters. The SMILES string of the molecule is NOC(=O)[C@H]1CNCCN1S(=O)(=O)c1cc(F)c(Oc2ccc(F)cc2)c(F)c1. The number of ether oxygens (including phenoxy) is 1. The number of nitrogens with zero attached hydrogens (tertiary/aromatic N) is 1. The van der Waals surface area contributed by atoms with Crippen LogP contribution in [-0.2, 0) is 19.7 Å². The first-order chi connectivity index (χ1) is 13.7. The number of hydrogen-bond acceptors (Lipinski definition) is 7. The Morgan fingerprint density at radius 1 is 1.14 bits per heavy atom. The third kappa shape index (κ3) is 4.34. The lowest BCUT2D eigenvalue weighted by Gasteiger charge is -2.32. The van der Waals surface area contributed by atoms with Crippen LogP contribution in [0.25, 0.3) is 0 Å². The van der Waals surface area contributed by atoms with Gasteiger partial charge in [0, 0.05) is 19.6 Å².